The Bertz CT molecular complexity index is 263. The SMILES string of the molecule is COC(C)CC(O)CC(O)CC(CC(O)CC(C)OC)OC. The minimum atomic E-state index is -0.670. The summed E-state index contributed by atoms with van der Waals surface area (Å²) in [5, 5.41) is 29.9. The fourth-order valence-electron chi connectivity index (χ4n) is 2.46. The van der Waals surface area contributed by atoms with Gasteiger partial charge in [-0.1, -0.05) is 0 Å². The summed E-state index contributed by atoms with van der Waals surface area (Å²) in [4.78, 5) is 0. The monoisotopic (exact) mass is 322 g/mol. The van der Waals surface area contributed by atoms with E-state index in [9.17, 15) is 15.3 Å². The molecule has 0 heterocycles. The molecule has 6 heteroatoms. The molecule has 0 rings (SSSR count). The van der Waals surface area contributed by atoms with Crippen LogP contribution in [0.3, 0.4) is 0 Å². The number of aliphatic hydroxyl groups excluding tert-OH is 3. The molecule has 0 amide bonds. The van der Waals surface area contributed by atoms with E-state index in [1.54, 1.807) is 21.3 Å². The molecule has 0 aromatic heterocycles. The fourth-order valence-corrected chi connectivity index (χ4v) is 2.46. The van der Waals surface area contributed by atoms with Crippen molar-refractivity contribution in [2.24, 2.45) is 0 Å². The molecule has 0 aliphatic rings. The lowest BCUT2D eigenvalue weighted by Crippen LogP contribution is -2.29. The summed E-state index contributed by atoms with van der Waals surface area (Å²) in [6, 6.07) is 0. The Balaban J connectivity index is 4.14. The minimum absolute atomic E-state index is 0.0187. The largest absolute Gasteiger partial charge is 0.393 e. The molecule has 134 valence electrons. The zero-order valence-corrected chi connectivity index (χ0v) is 14.6. The van der Waals surface area contributed by atoms with Gasteiger partial charge in [-0.05, 0) is 46.0 Å². The second-order valence-electron chi connectivity index (χ2n) is 6.09. The Morgan fingerprint density at radius 2 is 0.955 bits per heavy atom. The quantitative estimate of drug-likeness (QED) is 0.471. The molecule has 6 nitrogen and oxygen atoms in total. The lowest BCUT2D eigenvalue weighted by atomic mass is 9.97. The highest BCUT2D eigenvalue weighted by Gasteiger charge is 2.22. The summed E-state index contributed by atoms with van der Waals surface area (Å²) in [7, 11) is 4.77. The number of ether oxygens (including phenoxy) is 3. The summed E-state index contributed by atoms with van der Waals surface area (Å²) >= 11 is 0. The lowest BCUT2D eigenvalue weighted by Gasteiger charge is -2.24. The van der Waals surface area contributed by atoms with E-state index in [2.05, 4.69) is 0 Å². The van der Waals surface area contributed by atoms with Gasteiger partial charge in [0, 0.05) is 21.3 Å². The zero-order valence-electron chi connectivity index (χ0n) is 14.6. The molecule has 0 fully saturated rings. The van der Waals surface area contributed by atoms with Crippen molar-refractivity contribution in [2.45, 2.75) is 82.6 Å². The van der Waals surface area contributed by atoms with Crippen molar-refractivity contribution in [3.8, 4) is 0 Å². The van der Waals surface area contributed by atoms with E-state index >= 15 is 0 Å². The van der Waals surface area contributed by atoms with Gasteiger partial charge in [-0.2, -0.15) is 0 Å². The first-order valence-corrected chi connectivity index (χ1v) is 7.94. The Morgan fingerprint density at radius 1 is 0.591 bits per heavy atom. The van der Waals surface area contributed by atoms with Crippen LogP contribution in [0.15, 0.2) is 0 Å². The van der Waals surface area contributed by atoms with E-state index in [1.165, 1.54) is 0 Å². The van der Waals surface area contributed by atoms with Gasteiger partial charge in [-0.15, -0.1) is 0 Å². The van der Waals surface area contributed by atoms with Crippen LogP contribution in [-0.4, -0.2) is 73.3 Å². The van der Waals surface area contributed by atoms with Crippen LogP contribution < -0.4 is 0 Å². The third-order valence-corrected chi connectivity index (χ3v) is 3.96. The molecular weight excluding hydrogens is 288 g/mol. The van der Waals surface area contributed by atoms with Gasteiger partial charge in [0.05, 0.1) is 36.6 Å². The van der Waals surface area contributed by atoms with Gasteiger partial charge >= 0.3 is 0 Å². The number of methoxy groups -OCH3 is 3. The average Bonchev–Trinajstić information content (AvgIpc) is 2.45. The molecule has 0 aliphatic carbocycles. The summed E-state index contributed by atoms with van der Waals surface area (Å²) in [6.45, 7) is 3.77. The first-order chi connectivity index (χ1) is 10.3. The van der Waals surface area contributed by atoms with Crippen molar-refractivity contribution >= 4 is 0 Å². The van der Waals surface area contributed by atoms with Crippen molar-refractivity contribution in [3.63, 3.8) is 0 Å². The Labute approximate surface area is 134 Å². The first kappa shape index (κ1) is 21.8. The summed E-state index contributed by atoms with van der Waals surface area (Å²) < 4.78 is 15.5. The van der Waals surface area contributed by atoms with Crippen molar-refractivity contribution in [1.29, 1.82) is 0 Å². The number of aliphatic hydroxyl groups is 3. The van der Waals surface area contributed by atoms with E-state index in [4.69, 9.17) is 14.2 Å². The van der Waals surface area contributed by atoms with E-state index in [0.717, 1.165) is 0 Å². The van der Waals surface area contributed by atoms with E-state index in [0.29, 0.717) is 25.7 Å². The predicted molar refractivity (Wildman–Crippen MR) is 84.8 cm³/mol. The highest BCUT2D eigenvalue weighted by atomic mass is 16.5. The maximum Gasteiger partial charge on any atom is 0.0620 e. The van der Waals surface area contributed by atoms with Crippen LogP contribution in [0.1, 0.15) is 46.0 Å². The second kappa shape index (κ2) is 12.2. The maximum absolute atomic E-state index is 10.1. The molecule has 6 unspecified atom stereocenters. The van der Waals surface area contributed by atoms with E-state index in [-0.39, 0.29) is 24.7 Å². The smallest absolute Gasteiger partial charge is 0.0620 e. The van der Waals surface area contributed by atoms with Gasteiger partial charge in [-0.25, -0.2) is 0 Å². The topological polar surface area (TPSA) is 88.4 Å². The van der Waals surface area contributed by atoms with Crippen LogP contribution >= 0.6 is 0 Å². The third kappa shape index (κ3) is 10.5. The van der Waals surface area contributed by atoms with Crippen molar-refractivity contribution in [2.75, 3.05) is 21.3 Å². The zero-order chi connectivity index (χ0) is 17.1. The van der Waals surface area contributed by atoms with Crippen molar-refractivity contribution < 1.29 is 29.5 Å². The highest BCUT2D eigenvalue weighted by molar-refractivity contribution is 4.74. The van der Waals surface area contributed by atoms with Crippen LogP contribution in [0.4, 0.5) is 0 Å². The Hall–Kier alpha value is -0.240. The standard InChI is InChI=1S/C16H34O6/c1-11(20-3)6-13(17)8-15(19)10-16(22-5)9-14(18)7-12(2)21-4/h11-19H,6-10H2,1-5H3. The van der Waals surface area contributed by atoms with Crippen LogP contribution in [0.25, 0.3) is 0 Å². The van der Waals surface area contributed by atoms with Gasteiger partial charge in [0.25, 0.3) is 0 Å². The second-order valence-corrected chi connectivity index (χ2v) is 6.09. The molecule has 0 spiro atoms. The first-order valence-electron chi connectivity index (χ1n) is 7.94. The number of hydrogen-bond acceptors (Lipinski definition) is 6. The van der Waals surface area contributed by atoms with Crippen LogP contribution in [-0.2, 0) is 14.2 Å². The average molecular weight is 322 g/mol. The summed E-state index contributed by atoms with van der Waals surface area (Å²) in [5.74, 6) is 0. The molecule has 3 N–H and O–H groups in total. The van der Waals surface area contributed by atoms with Gasteiger partial charge < -0.3 is 29.5 Å². The van der Waals surface area contributed by atoms with Crippen LogP contribution in [0.2, 0.25) is 0 Å². The third-order valence-electron chi connectivity index (χ3n) is 3.96. The van der Waals surface area contributed by atoms with Gasteiger partial charge in [0.15, 0.2) is 0 Å². The highest BCUT2D eigenvalue weighted by Crippen LogP contribution is 2.17. The molecular formula is C16H34O6. The molecule has 0 saturated heterocycles. The van der Waals surface area contributed by atoms with E-state index in [1.807, 2.05) is 13.8 Å². The molecule has 0 aromatic rings. The van der Waals surface area contributed by atoms with Crippen molar-refractivity contribution in [3.05, 3.63) is 0 Å². The molecule has 22 heavy (non-hydrogen) atoms. The molecule has 0 aromatic carbocycles. The molecule has 0 saturated carbocycles. The molecule has 0 radical (unpaired) electrons. The Morgan fingerprint density at radius 3 is 1.32 bits per heavy atom. The van der Waals surface area contributed by atoms with Crippen LogP contribution in [0.5, 0.6) is 0 Å². The fraction of sp³-hybridized carbons (Fsp3) is 1.00. The summed E-state index contributed by atoms with van der Waals surface area (Å²) in [6.07, 6.45) is -0.0205. The van der Waals surface area contributed by atoms with Gasteiger partial charge in [0.1, 0.15) is 0 Å². The number of hydrogen-bond donors (Lipinski definition) is 3. The normalized spacial score (nSPS) is 20.2. The van der Waals surface area contributed by atoms with Gasteiger partial charge in [0.2, 0.25) is 0 Å². The molecule has 0 bridgehead atoms. The lowest BCUT2D eigenvalue weighted by molar-refractivity contribution is -0.0203. The van der Waals surface area contributed by atoms with Gasteiger partial charge in [-0.3, -0.25) is 0 Å². The number of rotatable bonds is 13. The maximum atomic E-state index is 10.1. The van der Waals surface area contributed by atoms with E-state index < -0.39 is 18.3 Å². The van der Waals surface area contributed by atoms with Crippen molar-refractivity contribution in [1.82, 2.24) is 0 Å². The molecule has 0 aliphatic heterocycles. The molecule has 6 atom stereocenters. The van der Waals surface area contributed by atoms with Crippen LogP contribution in [0, 0.1) is 0 Å². The Kier molecular flexibility index (Phi) is 12.1. The minimum Gasteiger partial charge on any atom is -0.393 e. The predicted octanol–water partition coefficient (Wildman–Crippen LogP) is 1.10. The summed E-state index contributed by atoms with van der Waals surface area (Å²) in [5.41, 5.74) is 0.